The summed E-state index contributed by atoms with van der Waals surface area (Å²) in [6.07, 6.45) is 7.63. The minimum atomic E-state index is -1.14. The van der Waals surface area contributed by atoms with Crippen molar-refractivity contribution in [3.8, 4) is 0 Å². The molecule has 2 aromatic heterocycles. The number of amides is 1. The van der Waals surface area contributed by atoms with Crippen molar-refractivity contribution in [1.29, 1.82) is 0 Å². The number of carbonyl (C=O) groups excluding carboxylic acids is 1. The Morgan fingerprint density at radius 3 is 2.95 bits per heavy atom. The molecule has 0 bridgehead atoms. The van der Waals surface area contributed by atoms with Crippen molar-refractivity contribution < 1.29 is 9.90 Å². The number of aliphatic hydroxyl groups is 1. The molecule has 0 unspecified atom stereocenters. The van der Waals surface area contributed by atoms with Crippen LogP contribution in [0.25, 0.3) is 5.65 Å². The molecule has 0 aromatic carbocycles. The van der Waals surface area contributed by atoms with E-state index in [2.05, 4.69) is 10.3 Å². The predicted octanol–water partition coefficient (Wildman–Crippen LogP) is 1.61. The number of imidazole rings is 1. The number of aromatic nitrogens is 2. The van der Waals surface area contributed by atoms with Gasteiger partial charge in [-0.05, 0) is 44.2 Å². The van der Waals surface area contributed by atoms with Crippen LogP contribution < -0.4 is 5.32 Å². The molecule has 1 aliphatic carbocycles. The van der Waals surface area contributed by atoms with Gasteiger partial charge in [-0.2, -0.15) is 0 Å². The monoisotopic (exact) mass is 287 g/mol. The molecule has 0 aliphatic heterocycles. The highest BCUT2D eigenvalue weighted by Crippen LogP contribution is 2.29. The first-order chi connectivity index (χ1) is 10.1. The minimum absolute atomic E-state index is 0.236. The van der Waals surface area contributed by atoms with Crippen LogP contribution in [0.5, 0.6) is 0 Å². The fraction of sp³-hybridized carbons (Fsp3) is 0.500. The number of aryl methyl sites for hydroxylation is 1. The molecule has 5 heteroatoms. The van der Waals surface area contributed by atoms with Gasteiger partial charge in [0.1, 0.15) is 11.2 Å². The SMILES string of the molecule is Cc1cccn2cc(CCNC(=O)C3(O)CCCC3)nc12. The van der Waals surface area contributed by atoms with Crippen LogP contribution in [0.1, 0.15) is 36.9 Å². The van der Waals surface area contributed by atoms with Gasteiger partial charge in [-0.3, -0.25) is 4.79 Å². The zero-order chi connectivity index (χ0) is 14.9. The molecule has 1 aliphatic rings. The van der Waals surface area contributed by atoms with Crippen LogP contribution in [0.2, 0.25) is 0 Å². The topological polar surface area (TPSA) is 66.6 Å². The third-order valence-corrected chi connectivity index (χ3v) is 4.25. The molecule has 2 heterocycles. The molecule has 2 aromatic rings. The van der Waals surface area contributed by atoms with Gasteiger partial charge in [0.05, 0.1) is 5.69 Å². The van der Waals surface area contributed by atoms with Crippen LogP contribution >= 0.6 is 0 Å². The van der Waals surface area contributed by atoms with E-state index < -0.39 is 5.60 Å². The van der Waals surface area contributed by atoms with Gasteiger partial charge in [-0.15, -0.1) is 0 Å². The summed E-state index contributed by atoms with van der Waals surface area (Å²) in [6.45, 7) is 2.54. The average Bonchev–Trinajstić information content (AvgIpc) is 3.06. The van der Waals surface area contributed by atoms with Gasteiger partial charge < -0.3 is 14.8 Å². The van der Waals surface area contributed by atoms with E-state index in [1.807, 2.05) is 35.9 Å². The maximum Gasteiger partial charge on any atom is 0.251 e. The molecule has 0 spiro atoms. The molecule has 0 radical (unpaired) electrons. The fourth-order valence-electron chi connectivity index (χ4n) is 2.98. The van der Waals surface area contributed by atoms with Crippen molar-refractivity contribution >= 4 is 11.6 Å². The summed E-state index contributed by atoms with van der Waals surface area (Å²) < 4.78 is 2.00. The normalized spacial score (nSPS) is 17.2. The average molecular weight is 287 g/mol. The summed E-state index contributed by atoms with van der Waals surface area (Å²) in [6, 6.07) is 4.02. The third kappa shape index (κ3) is 2.78. The Kier molecular flexibility index (Phi) is 3.68. The molecule has 1 amide bonds. The highest BCUT2D eigenvalue weighted by molar-refractivity contribution is 5.85. The first kappa shape index (κ1) is 14.1. The first-order valence-electron chi connectivity index (χ1n) is 7.52. The Bertz CT molecular complexity index is 657. The standard InChI is InChI=1S/C16H21N3O2/c1-12-5-4-10-19-11-13(18-14(12)19)6-9-17-15(20)16(21)7-2-3-8-16/h4-5,10-11,21H,2-3,6-9H2,1H3,(H,17,20). The molecule has 1 fully saturated rings. The lowest BCUT2D eigenvalue weighted by Gasteiger charge is -2.20. The van der Waals surface area contributed by atoms with Crippen LogP contribution in [0, 0.1) is 6.92 Å². The number of hydrogen-bond acceptors (Lipinski definition) is 3. The van der Waals surface area contributed by atoms with E-state index in [0.717, 1.165) is 29.7 Å². The zero-order valence-corrected chi connectivity index (χ0v) is 12.3. The Balaban J connectivity index is 1.59. The number of nitrogens with one attached hydrogen (secondary N) is 1. The predicted molar refractivity (Wildman–Crippen MR) is 80.1 cm³/mol. The summed E-state index contributed by atoms with van der Waals surface area (Å²) in [4.78, 5) is 16.6. The second-order valence-electron chi connectivity index (χ2n) is 5.90. The molecule has 2 N–H and O–H groups in total. The highest BCUT2D eigenvalue weighted by atomic mass is 16.3. The molecule has 21 heavy (non-hydrogen) atoms. The van der Waals surface area contributed by atoms with Gasteiger partial charge in [0.2, 0.25) is 0 Å². The van der Waals surface area contributed by atoms with Crippen LogP contribution in [0.4, 0.5) is 0 Å². The highest BCUT2D eigenvalue weighted by Gasteiger charge is 2.38. The van der Waals surface area contributed by atoms with Gasteiger partial charge in [0.15, 0.2) is 0 Å². The number of hydrogen-bond donors (Lipinski definition) is 2. The molecular formula is C16H21N3O2. The maximum absolute atomic E-state index is 12.0. The summed E-state index contributed by atoms with van der Waals surface area (Å²) in [5, 5.41) is 13.0. The summed E-state index contributed by atoms with van der Waals surface area (Å²) >= 11 is 0. The lowest BCUT2D eigenvalue weighted by atomic mass is 10.0. The van der Waals surface area contributed by atoms with Crippen LogP contribution in [0.3, 0.4) is 0 Å². The second kappa shape index (κ2) is 5.48. The van der Waals surface area contributed by atoms with Crippen molar-refractivity contribution in [3.05, 3.63) is 35.8 Å². The maximum atomic E-state index is 12.0. The van der Waals surface area contributed by atoms with Crippen molar-refractivity contribution in [2.24, 2.45) is 0 Å². The summed E-state index contributed by atoms with van der Waals surface area (Å²) in [7, 11) is 0. The van der Waals surface area contributed by atoms with Gasteiger partial charge in [0.25, 0.3) is 5.91 Å². The molecular weight excluding hydrogens is 266 g/mol. The second-order valence-corrected chi connectivity index (χ2v) is 5.90. The van der Waals surface area contributed by atoms with Crippen molar-refractivity contribution in [3.63, 3.8) is 0 Å². The Hall–Kier alpha value is -1.88. The minimum Gasteiger partial charge on any atom is -0.380 e. The Morgan fingerprint density at radius 2 is 2.24 bits per heavy atom. The number of nitrogens with zero attached hydrogens (tertiary/aromatic N) is 2. The fourth-order valence-corrected chi connectivity index (χ4v) is 2.98. The molecule has 0 saturated heterocycles. The number of pyridine rings is 1. The lowest BCUT2D eigenvalue weighted by molar-refractivity contribution is -0.139. The Morgan fingerprint density at radius 1 is 1.48 bits per heavy atom. The van der Waals surface area contributed by atoms with E-state index in [1.54, 1.807) is 0 Å². The first-order valence-corrected chi connectivity index (χ1v) is 7.52. The number of rotatable bonds is 4. The summed E-state index contributed by atoms with van der Waals surface area (Å²) in [5.74, 6) is -0.236. The summed E-state index contributed by atoms with van der Waals surface area (Å²) in [5.41, 5.74) is 1.89. The zero-order valence-electron chi connectivity index (χ0n) is 12.3. The smallest absolute Gasteiger partial charge is 0.251 e. The van der Waals surface area contributed by atoms with Crippen LogP contribution in [-0.2, 0) is 11.2 Å². The molecule has 3 rings (SSSR count). The lowest BCUT2D eigenvalue weighted by Crippen LogP contribution is -2.45. The van der Waals surface area contributed by atoms with Gasteiger partial charge in [-0.25, -0.2) is 4.98 Å². The van der Waals surface area contributed by atoms with Crippen LogP contribution in [0.15, 0.2) is 24.5 Å². The molecule has 5 nitrogen and oxygen atoms in total. The number of fused-ring (bicyclic) bond motifs is 1. The van der Waals surface area contributed by atoms with Crippen LogP contribution in [-0.4, -0.2) is 32.5 Å². The Labute approximate surface area is 124 Å². The van der Waals surface area contributed by atoms with E-state index >= 15 is 0 Å². The van der Waals surface area contributed by atoms with Crippen molar-refractivity contribution in [2.45, 2.75) is 44.6 Å². The third-order valence-electron chi connectivity index (χ3n) is 4.25. The van der Waals surface area contributed by atoms with E-state index in [-0.39, 0.29) is 5.91 Å². The molecule has 112 valence electrons. The quantitative estimate of drug-likeness (QED) is 0.897. The largest absolute Gasteiger partial charge is 0.380 e. The molecule has 0 atom stereocenters. The van der Waals surface area contributed by atoms with E-state index in [9.17, 15) is 9.90 Å². The van der Waals surface area contributed by atoms with E-state index in [4.69, 9.17) is 0 Å². The van der Waals surface area contributed by atoms with Crippen molar-refractivity contribution in [1.82, 2.24) is 14.7 Å². The number of carbonyl (C=O) groups is 1. The van der Waals surface area contributed by atoms with Crippen molar-refractivity contribution in [2.75, 3.05) is 6.54 Å². The molecule has 1 saturated carbocycles. The van der Waals surface area contributed by atoms with E-state index in [0.29, 0.717) is 25.8 Å². The van der Waals surface area contributed by atoms with E-state index in [1.165, 1.54) is 0 Å². The van der Waals surface area contributed by atoms with Gasteiger partial charge in [-0.1, -0.05) is 6.07 Å². The van der Waals surface area contributed by atoms with Gasteiger partial charge >= 0.3 is 0 Å². The van der Waals surface area contributed by atoms with Gasteiger partial charge in [0, 0.05) is 25.4 Å².